The van der Waals surface area contributed by atoms with Gasteiger partial charge in [0.1, 0.15) is 6.10 Å². The molecule has 3 aliphatic heterocycles. The lowest BCUT2D eigenvalue weighted by Crippen LogP contribution is -2.52. The van der Waals surface area contributed by atoms with Gasteiger partial charge in [0.25, 0.3) is 0 Å². The zero-order chi connectivity index (χ0) is 17.1. The van der Waals surface area contributed by atoms with Gasteiger partial charge in [-0.2, -0.15) is 0 Å². The van der Waals surface area contributed by atoms with Crippen LogP contribution in [0.25, 0.3) is 0 Å². The van der Waals surface area contributed by atoms with Gasteiger partial charge in [-0.15, -0.1) is 0 Å². The van der Waals surface area contributed by atoms with E-state index in [1.165, 1.54) is 5.56 Å². The molecule has 5 rings (SSSR count). The predicted molar refractivity (Wildman–Crippen MR) is 98.4 cm³/mol. The number of ether oxygens (including phenoxy) is 1. The van der Waals surface area contributed by atoms with Crippen molar-refractivity contribution in [1.29, 1.82) is 0 Å². The Labute approximate surface area is 149 Å². The normalized spacial score (nSPS) is 26.2. The second-order valence-corrected chi connectivity index (χ2v) is 7.27. The van der Waals surface area contributed by atoms with Crippen molar-refractivity contribution in [1.82, 2.24) is 4.90 Å². The fourth-order valence-corrected chi connectivity index (χ4v) is 4.15. The highest BCUT2D eigenvalue weighted by Gasteiger charge is 2.37. The molecule has 3 aliphatic rings. The zero-order valence-electron chi connectivity index (χ0n) is 14.5. The molecule has 0 aliphatic carbocycles. The minimum absolute atomic E-state index is 0.0667. The molecule has 3 fully saturated rings. The van der Waals surface area contributed by atoms with Gasteiger partial charge in [0, 0.05) is 6.54 Å². The molecule has 0 saturated carbocycles. The number of rotatable bonds is 5. The van der Waals surface area contributed by atoms with Crippen LogP contribution < -0.4 is 0 Å². The van der Waals surface area contributed by atoms with Crippen LogP contribution in [-0.2, 0) is 16.0 Å². The summed E-state index contributed by atoms with van der Waals surface area (Å²) in [6, 6.07) is 20.3. The lowest BCUT2D eigenvalue weighted by molar-refractivity contribution is -0.160. The molecule has 0 N–H and O–H groups in total. The number of carbonyl (C=O) groups excluding carboxylic acids is 1. The molecule has 25 heavy (non-hydrogen) atoms. The van der Waals surface area contributed by atoms with Crippen LogP contribution in [-0.4, -0.2) is 36.6 Å². The van der Waals surface area contributed by atoms with Gasteiger partial charge in [-0.05, 0) is 49.4 Å². The molecule has 3 saturated heterocycles. The van der Waals surface area contributed by atoms with Crippen LogP contribution >= 0.6 is 0 Å². The largest absolute Gasteiger partial charge is 0.460 e. The maximum atomic E-state index is 13.1. The molecule has 2 bridgehead atoms. The summed E-state index contributed by atoms with van der Waals surface area (Å²) in [5, 5.41) is 0. The summed E-state index contributed by atoms with van der Waals surface area (Å²) in [5.41, 5.74) is 2.21. The number of nitrogens with zero attached hydrogens (tertiary/aromatic N) is 1. The van der Waals surface area contributed by atoms with E-state index in [1.54, 1.807) is 0 Å². The summed E-state index contributed by atoms with van der Waals surface area (Å²) in [5.74, 6) is 0.231. The van der Waals surface area contributed by atoms with Crippen molar-refractivity contribution in [2.45, 2.75) is 31.3 Å². The SMILES string of the molecule is O=C(OC1CN2CCC1CC2)C(Cc1ccccc1)c1ccccc1. The highest BCUT2D eigenvalue weighted by Crippen LogP contribution is 2.31. The third kappa shape index (κ3) is 3.77. The molecule has 2 aromatic rings. The van der Waals surface area contributed by atoms with E-state index in [9.17, 15) is 4.79 Å². The first-order valence-corrected chi connectivity index (χ1v) is 9.31. The number of esters is 1. The van der Waals surface area contributed by atoms with Crippen LogP contribution in [0, 0.1) is 5.92 Å². The Morgan fingerprint density at radius 2 is 1.64 bits per heavy atom. The van der Waals surface area contributed by atoms with E-state index in [0.29, 0.717) is 12.3 Å². The first kappa shape index (κ1) is 16.3. The summed E-state index contributed by atoms with van der Waals surface area (Å²) in [7, 11) is 0. The van der Waals surface area contributed by atoms with E-state index >= 15 is 0 Å². The van der Waals surface area contributed by atoms with Crippen LogP contribution in [0.2, 0.25) is 0 Å². The van der Waals surface area contributed by atoms with E-state index in [0.717, 1.165) is 38.0 Å². The number of benzene rings is 2. The highest BCUT2D eigenvalue weighted by atomic mass is 16.5. The first-order valence-electron chi connectivity index (χ1n) is 9.31. The lowest BCUT2D eigenvalue weighted by atomic mass is 9.85. The molecule has 130 valence electrons. The Morgan fingerprint density at radius 3 is 2.24 bits per heavy atom. The van der Waals surface area contributed by atoms with Crippen molar-refractivity contribution in [2.24, 2.45) is 5.92 Å². The van der Waals surface area contributed by atoms with Crippen LogP contribution in [0.5, 0.6) is 0 Å². The molecule has 0 aromatic heterocycles. The summed E-state index contributed by atoms with van der Waals surface area (Å²) in [6.07, 6.45) is 3.07. The quantitative estimate of drug-likeness (QED) is 0.781. The Bertz CT molecular complexity index is 692. The number of carbonyl (C=O) groups is 1. The monoisotopic (exact) mass is 335 g/mol. The number of fused-ring (bicyclic) bond motifs is 3. The van der Waals surface area contributed by atoms with Gasteiger partial charge >= 0.3 is 5.97 Å². The number of hydrogen-bond acceptors (Lipinski definition) is 3. The van der Waals surface area contributed by atoms with Crippen molar-refractivity contribution in [2.75, 3.05) is 19.6 Å². The Kier molecular flexibility index (Phi) is 4.84. The Morgan fingerprint density at radius 1 is 1.00 bits per heavy atom. The van der Waals surface area contributed by atoms with Crippen LogP contribution in [0.4, 0.5) is 0 Å². The standard InChI is InChI=1S/C22H25NO2/c24-22(25-21-16-23-13-11-19(21)12-14-23)20(18-9-5-2-6-10-18)15-17-7-3-1-4-8-17/h1-10,19-21H,11-16H2. The predicted octanol–water partition coefficient (Wildman–Crippen LogP) is 3.65. The molecular formula is C22H25NO2. The Balaban J connectivity index is 1.52. The third-order valence-electron chi connectivity index (χ3n) is 5.63. The van der Waals surface area contributed by atoms with Gasteiger partial charge < -0.3 is 4.74 Å². The van der Waals surface area contributed by atoms with Gasteiger partial charge in [-0.3, -0.25) is 9.69 Å². The number of hydrogen-bond donors (Lipinski definition) is 0. The van der Waals surface area contributed by atoms with Gasteiger partial charge in [0.2, 0.25) is 0 Å². The molecule has 2 atom stereocenters. The fourth-order valence-electron chi connectivity index (χ4n) is 4.15. The molecule has 2 unspecified atom stereocenters. The van der Waals surface area contributed by atoms with Crippen LogP contribution in [0.3, 0.4) is 0 Å². The van der Waals surface area contributed by atoms with Crippen molar-refractivity contribution in [3.05, 3.63) is 71.8 Å². The van der Waals surface area contributed by atoms with E-state index in [1.807, 2.05) is 48.5 Å². The average Bonchev–Trinajstić information content (AvgIpc) is 2.68. The molecule has 3 heterocycles. The van der Waals surface area contributed by atoms with E-state index in [-0.39, 0.29) is 18.0 Å². The second kappa shape index (κ2) is 7.40. The summed E-state index contributed by atoms with van der Waals surface area (Å²) < 4.78 is 6.03. The maximum Gasteiger partial charge on any atom is 0.314 e. The highest BCUT2D eigenvalue weighted by molar-refractivity contribution is 5.78. The van der Waals surface area contributed by atoms with Crippen molar-refractivity contribution in [3.8, 4) is 0 Å². The van der Waals surface area contributed by atoms with Crippen molar-refractivity contribution in [3.63, 3.8) is 0 Å². The van der Waals surface area contributed by atoms with Crippen molar-refractivity contribution < 1.29 is 9.53 Å². The smallest absolute Gasteiger partial charge is 0.314 e. The van der Waals surface area contributed by atoms with Crippen molar-refractivity contribution >= 4 is 5.97 Å². The average molecular weight is 335 g/mol. The van der Waals surface area contributed by atoms with E-state index in [2.05, 4.69) is 17.0 Å². The molecule has 3 heteroatoms. The molecule has 0 radical (unpaired) electrons. The van der Waals surface area contributed by atoms with Gasteiger partial charge in [0.05, 0.1) is 5.92 Å². The first-order chi connectivity index (χ1) is 12.3. The summed E-state index contributed by atoms with van der Waals surface area (Å²) in [6.45, 7) is 3.22. The van der Waals surface area contributed by atoms with E-state index < -0.39 is 0 Å². The Hall–Kier alpha value is -2.13. The second-order valence-electron chi connectivity index (χ2n) is 7.27. The fraction of sp³-hybridized carbons (Fsp3) is 0.409. The molecule has 0 amide bonds. The summed E-state index contributed by atoms with van der Waals surface area (Å²) >= 11 is 0. The molecule has 0 spiro atoms. The number of piperidine rings is 3. The van der Waals surface area contributed by atoms with Crippen LogP contribution in [0.15, 0.2) is 60.7 Å². The zero-order valence-corrected chi connectivity index (χ0v) is 14.5. The molecular weight excluding hydrogens is 310 g/mol. The third-order valence-corrected chi connectivity index (χ3v) is 5.63. The minimum atomic E-state index is -0.237. The lowest BCUT2D eigenvalue weighted by Gasteiger charge is -2.44. The van der Waals surface area contributed by atoms with E-state index in [4.69, 9.17) is 4.74 Å². The molecule has 3 nitrogen and oxygen atoms in total. The maximum absolute atomic E-state index is 13.1. The molecule has 2 aromatic carbocycles. The summed E-state index contributed by atoms with van der Waals surface area (Å²) in [4.78, 5) is 15.5. The topological polar surface area (TPSA) is 29.5 Å². The van der Waals surface area contributed by atoms with Gasteiger partial charge in [-0.1, -0.05) is 60.7 Å². The minimum Gasteiger partial charge on any atom is -0.460 e. The van der Waals surface area contributed by atoms with Gasteiger partial charge in [0.15, 0.2) is 0 Å². The van der Waals surface area contributed by atoms with Gasteiger partial charge in [-0.25, -0.2) is 0 Å². The van der Waals surface area contributed by atoms with Crippen LogP contribution in [0.1, 0.15) is 29.9 Å².